The van der Waals surface area contributed by atoms with E-state index in [-0.39, 0.29) is 6.04 Å². The van der Waals surface area contributed by atoms with Gasteiger partial charge in [0.1, 0.15) is 11.9 Å². The molecule has 1 fully saturated rings. The van der Waals surface area contributed by atoms with Crippen LogP contribution in [0.5, 0.6) is 5.75 Å². The summed E-state index contributed by atoms with van der Waals surface area (Å²) in [5.74, 6) is 1.52. The highest BCUT2D eigenvalue weighted by Gasteiger charge is 2.32. The van der Waals surface area contributed by atoms with Crippen molar-refractivity contribution in [2.45, 2.75) is 52.6 Å². The molecule has 7 nitrogen and oxygen atoms in total. The second-order valence-corrected chi connectivity index (χ2v) is 10.7. The van der Waals surface area contributed by atoms with Crippen LogP contribution in [0.15, 0.2) is 53.1 Å². The van der Waals surface area contributed by atoms with Gasteiger partial charge < -0.3 is 14.4 Å². The lowest BCUT2D eigenvalue weighted by atomic mass is 10.1. The van der Waals surface area contributed by atoms with E-state index in [0.29, 0.717) is 0 Å². The molecule has 1 aliphatic rings. The first-order chi connectivity index (χ1) is 16.9. The topological polar surface area (TPSA) is 74.9 Å². The smallest absolute Gasteiger partial charge is 0.178 e. The number of nitrogens with zero attached hydrogens (tertiary/aromatic N) is 4. The highest BCUT2D eigenvalue weighted by Crippen LogP contribution is 2.28. The number of hydrogen-bond donors (Lipinski definition) is 1. The summed E-state index contributed by atoms with van der Waals surface area (Å²) in [6, 6.07) is 16.5. The molecule has 1 aliphatic heterocycles. The van der Waals surface area contributed by atoms with Crippen LogP contribution in [0.1, 0.15) is 30.1 Å². The number of rotatable bonds is 7. The van der Waals surface area contributed by atoms with Gasteiger partial charge >= 0.3 is 0 Å². The molecule has 0 aliphatic carbocycles. The summed E-state index contributed by atoms with van der Waals surface area (Å²) >= 11 is 1.67. The lowest BCUT2D eigenvalue weighted by Crippen LogP contribution is -2.58. The van der Waals surface area contributed by atoms with Crippen molar-refractivity contribution in [1.82, 2.24) is 19.9 Å². The van der Waals surface area contributed by atoms with Gasteiger partial charge in [-0.2, -0.15) is 0 Å². The Bertz CT molecular complexity index is 1280. The molecule has 3 heterocycles. The monoisotopic (exact) mass is 492 g/mol. The Morgan fingerprint density at radius 2 is 1.94 bits per heavy atom. The summed E-state index contributed by atoms with van der Waals surface area (Å²) in [4.78, 5) is 9.19. The Balaban J connectivity index is 1.22. The minimum atomic E-state index is -0.630. The molecule has 1 N–H and O–H groups in total. The van der Waals surface area contributed by atoms with E-state index in [0.717, 1.165) is 64.2 Å². The maximum atomic E-state index is 10.5. The van der Waals surface area contributed by atoms with Crippen LogP contribution in [0.3, 0.4) is 0 Å². The number of thiazole rings is 1. The molecule has 1 saturated heterocycles. The summed E-state index contributed by atoms with van der Waals surface area (Å²) in [5.41, 5.74) is 4.12. The van der Waals surface area contributed by atoms with E-state index < -0.39 is 12.3 Å². The maximum absolute atomic E-state index is 10.5. The number of fused-ring (bicyclic) bond motifs is 1. The highest BCUT2D eigenvalue weighted by molar-refractivity contribution is 7.18. The van der Waals surface area contributed by atoms with E-state index in [1.807, 2.05) is 31.2 Å². The summed E-state index contributed by atoms with van der Waals surface area (Å²) < 4.78 is 13.0. The zero-order chi connectivity index (χ0) is 24.5. The molecule has 0 bridgehead atoms. The Hall–Kier alpha value is -2.78. The predicted molar refractivity (Wildman–Crippen MR) is 139 cm³/mol. The van der Waals surface area contributed by atoms with Crippen LogP contribution in [-0.2, 0) is 6.54 Å². The number of ether oxygens (including phenoxy) is 1. The molecular weight excluding hydrogens is 460 g/mol. The number of aromatic nitrogens is 2. The van der Waals surface area contributed by atoms with Crippen molar-refractivity contribution in [3.63, 3.8) is 0 Å². The van der Waals surface area contributed by atoms with Gasteiger partial charge in [0.25, 0.3) is 0 Å². The van der Waals surface area contributed by atoms with Crippen LogP contribution in [0.2, 0.25) is 0 Å². The summed E-state index contributed by atoms with van der Waals surface area (Å²) in [5, 5.41) is 15.9. The second kappa shape index (κ2) is 10.1. The number of benzene rings is 2. The van der Waals surface area contributed by atoms with E-state index in [9.17, 15) is 5.11 Å². The van der Waals surface area contributed by atoms with Gasteiger partial charge in [0.05, 0.1) is 20.9 Å². The quantitative estimate of drug-likeness (QED) is 0.395. The molecule has 5 rings (SSSR count). The molecule has 35 heavy (non-hydrogen) atoms. The maximum Gasteiger partial charge on any atom is 0.178 e. The van der Waals surface area contributed by atoms with E-state index in [4.69, 9.17) is 9.26 Å². The largest absolute Gasteiger partial charge is 0.472 e. The van der Waals surface area contributed by atoms with Gasteiger partial charge in [0, 0.05) is 49.9 Å². The fourth-order valence-electron chi connectivity index (χ4n) is 4.65. The molecule has 1 unspecified atom stereocenters. The van der Waals surface area contributed by atoms with Crippen LogP contribution >= 0.6 is 11.3 Å². The molecule has 0 radical (unpaired) electrons. The van der Waals surface area contributed by atoms with Crippen molar-refractivity contribution in [3.8, 4) is 17.1 Å². The number of aliphatic hydroxyl groups is 1. The minimum absolute atomic E-state index is 0.275. The van der Waals surface area contributed by atoms with Crippen LogP contribution in [0.25, 0.3) is 21.5 Å². The summed E-state index contributed by atoms with van der Waals surface area (Å²) in [6.45, 7) is 11.2. The van der Waals surface area contributed by atoms with Gasteiger partial charge in [-0.05, 0) is 39.8 Å². The number of aryl methyl sites for hydroxylation is 2. The Kier molecular flexibility index (Phi) is 6.88. The Morgan fingerprint density at radius 1 is 1.14 bits per heavy atom. The molecule has 3 atom stereocenters. The molecule has 0 spiro atoms. The SMILES string of the molecule is Cc1ccc(-c2cc(CN3CCN(C(Oc4ccc5sc(C)nc5c4)[C@@H](C)O)C[C@@H]3C)no2)cc1. The van der Waals surface area contributed by atoms with Gasteiger partial charge in [0.2, 0.25) is 0 Å². The van der Waals surface area contributed by atoms with E-state index in [1.165, 1.54) is 5.56 Å². The van der Waals surface area contributed by atoms with Crippen molar-refractivity contribution in [2.24, 2.45) is 0 Å². The zero-order valence-corrected chi connectivity index (χ0v) is 21.5. The van der Waals surface area contributed by atoms with Crippen molar-refractivity contribution in [3.05, 3.63) is 64.8 Å². The van der Waals surface area contributed by atoms with E-state index >= 15 is 0 Å². The first kappa shape index (κ1) is 23.9. The zero-order valence-electron chi connectivity index (χ0n) is 20.6. The Morgan fingerprint density at radius 3 is 2.69 bits per heavy atom. The third-order valence-corrected chi connectivity index (χ3v) is 7.50. The Labute approximate surface area is 209 Å². The van der Waals surface area contributed by atoms with Crippen LogP contribution in [0.4, 0.5) is 0 Å². The van der Waals surface area contributed by atoms with Gasteiger partial charge in [-0.1, -0.05) is 35.0 Å². The van der Waals surface area contributed by atoms with Gasteiger partial charge in [-0.3, -0.25) is 9.80 Å². The molecule has 184 valence electrons. The highest BCUT2D eigenvalue weighted by atomic mass is 32.1. The number of aliphatic hydroxyl groups excluding tert-OH is 1. The first-order valence-corrected chi connectivity index (χ1v) is 12.9. The molecular formula is C27H32N4O3S. The average molecular weight is 493 g/mol. The third-order valence-electron chi connectivity index (χ3n) is 6.55. The molecule has 4 aromatic rings. The van der Waals surface area contributed by atoms with Crippen molar-refractivity contribution >= 4 is 21.6 Å². The predicted octanol–water partition coefficient (Wildman–Crippen LogP) is 4.86. The van der Waals surface area contributed by atoms with Gasteiger partial charge in [0.15, 0.2) is 12.0 Å². The molecule has 8 heteroatoms. The van der Waals surface area contributed by atoms with Crippen LogP contribution in [0, 0.1) is 13.8 Å². The lowest BCUT2D eigenvalue weighted by molar-refractivity contribution is -0.0856. The summed E-state index contributed by atoms with van der Waals surface area (Å²) in [7, 11) is 0. The van der Waals surface area contributed by atoms with Crippen LogP contribution in [-0.4, -0.2) is 63.1 Å². The average Bonchev–Trinajstić information content (AvgIpc) is 3.44. The van der Waals surface area contributed by atoms with E-state index in [1.54, 1.807) is 18.3 Å². The standard InChI is InChI=1S/C27H32N4O3S/c1-17-5-7-21(8-6-17)25-13-22(29-34-25)16-30-11-12-31(15-18(30)2)27(19(3)32)33-23-9-10-26-24(14-23)28-20(4)35-26/h5-10,13-14,18-19,27,32H,11-12,15-16H2,1-4H3/t18-,19+,27?/m0/s1. The van der Waals surface area contributed by atoms with Crippen molar-refractivity contribution < 1.29 is 14.4 Å². The van der Waals surface area contributed by atoms with Gasteiger partial charge in [-0.25, -0.2) is 4.98 Å². The third kappa shape index (κ3) is 5.41. The van der Waals surface area contributed by atoms with Crippen LogP contribution < -0.4 is 4.74 Å². The normalized spacial score (nSPS) is 19.2. The molecule has 2 aromatic heterocycles. The first-order valence-electron chi connectivity index (χ1n) is 12.1. The van der Waals surface area contributed by atoms with Gasteiger partial charge in [-0.15, -0.1) is 11.3 Å². The molecule has 2 aromatic carbocycles. The fraction of sp³-hybridized carbons (Fsp3) is 0.407. The molecule has 0 amide bonds. The minimum Gasteiger partial charge on any atom is -0.472 e. The number of hydrogen-bond acceptors (Lipinski definition) is 8. The number of piperazine rings is 1. The van der Waals surface area contributed by atoms with Crippen molar-refractivity contribution in [1.29, 1.82) is 0 Å². The lowest BCUT2D eigenvalue weighted by Gasteiger charge is -2.43. The van der Waals surface area contributed by atoms with Crippen molar-refractivity contribution in [2.75, 3.05) is 19.6 Å². The molecule has 0 saturated carbocycles. The fourth-order valence-corrected chi connectivity index (χ4v) is 5.46. The summed E-state index contributed by atoms with van der Waals surface area (Å²) in [6.07, 6.45) is -1.05. The second-order valence-electron chi connectivity index (χ2n) is 9.47. The van der Waals surface area contributed by atoms with E-state index in [2.05, 4.69) is 58.1 Å².